The maximum atomic E-state index is 5.30. The zero-order chi connectivity index (χ0) is 27.6. The van der Waals surface area contributed by atoms with E-state index in [0.717, 1.165) is 49.6 Å². The Kier molecular flexibility index (Phi) is 5.24. The molecule has 3 nitrogen and oxygen atoms in total. The predicted octanol–water partition coefficient (Wildman–Crippen LogP) is 10.8. The Balaban J connectivity index is 1.24. The van der Waals surface area contributed by atoms with Crippen molar-refractivity contribution >= 4 is 74.1 Å². The number of para-hydroxylation sites is 1. The first-order chi connectivity index (χ1) is 20.8. The van der Waals surface area contributed by atoms with Gasteiger partial charge in [0, 0.05) is 53.0 Å². The van der Waals surface area contributed by atoms with Crippen molar-refractivity contribution in [2.75, 3.05) is 0 Å². The largest absolute Gasteiger partial charge is 0.235 e. The normalized spacial score (nSPS) is 11.8. The lowest BCUT2D eigenvalue weighted by molar-refractivity contribution is 1.23. The molecule has 0 atom stereocenters. The predicted molar refractivity (Wildman–Crippen MR) is 179 cm³/mol. The lowest BCUT2D eigenvalue weighted by atomic mass is 10.0. The van der Waals surface area contributed by atoms with Crippen LogP contribution in [0, 0.1) is 0 Å². The summed E-state index contributed by atoms with van der Waals surface area (Å²) in [5.41, 5.74) is 6.08. The molecular formula is C37H21N3S2. The summed E-state index contributed by atoms with van der Waals surface area (Å²) in [4.78, 5) is 16.4. The first-order valence-corrected chi connectivity index (χ1v) is 15.5. The number of hydrogen-bond donors (Lipinski definition) is 0. The van der Waals surface area contributed by atoms with E-state index in [9.17, 15) is 0 Å². The fourth-order valence-corrected chi connectivity index (χ4v) is 8.27. The van der Waals surface area contributed by atoms with Crippen molar-refractivity contribution in [3.63, 3.8) is 0 Å². The van der Waals surface area contributed by atoms with Gasteiger partial charge in [-0.3, -0.25) is 0 Å². The molecule has 0 unspecified atom stereocenters. The lowest BCUT2D eigenvalue weighted by Gasteiger charge is -2.10. The molecule has 196 valence electrons. The van der Waals surface area contributed by atoms with E-state index in [1.807, 2.05) is 29.5 Å². The minimum Gasteiger partial charge on any atom is -0.235 e. The van der Waals surface area contributed by atoms with Crippen molar-refractivity contribution in [3.8, 4) is 33.9 Å². The van der Waals surface area contributed by atoms with Gasteiger partial charge in [-0.25, -0.2) is 15.0 Å². The Morgan fingerprint density at radius 2 is 1.00 bits per heavy atom. The summed E-state index contributed by atoms with van der Waals surface area (Å²) in [5.74, 6) is 0.721. The molecule has 42 heavy (non-hydrogen) atoms. The monoisotopic (exact) mass is 571 g/mol. The standard InChI is InChI=1S/C37H21N3S2/c1-2-10-22(11-3-1)33-25-12-4-7-15-28(25)38-36(39-33)24-20-18-23(19-21-24)34-35-31(26-13-5-8-16-29(26)41-35)32-27-14-6-9-17-30(27)42-37(32)40-34/h1-21H. The number of aromatic nitrogens is 3. The second-order valence-corrected chi connectivity index (χ2v) is 12.5. The van der Waals surface area contributed by atoms with Crippen LogP contribution in [0.15, 0.2) is 127 Å². The zero-order valence-corrected chi connectivity index (χ0v) is 23.9. The molecule has 0 saturated heterocycles. The van der Waals surface area contributed by atoms with E-state index in [-0.39, 0.29) is 0 Å². The van der Waals surface area contributed by atoms with Crippen LogP contribution in [0.1, 0.15) is 0 Å². The molecule has 0 amide bonds. The van der Waals surface area contributed by atoms with Crippen LogP contribution < -0.4 is 0 Å². The molecule has 9 aromatic rings. The molecule has 0 aliphatic rings. The zero-order valence-electron chi connectivity index (χ0n) is 22.3. The molecule has 4 aromatic heterocycles. The molecule has 9 rings (SSSR count). The molecule has 0 radical (unpaired) electrons. The highest BCUT2D eigenvalue weighted by Gasteiger charge is 2.19. The summed E-state index contributed by atoms with van der Waals surface area (Å²) in [6.07, 6.45) is 0. The van der Waals surface area contributed by atoms with E-state index in [2.05, 4.69) is 109 Å². The summed E-state index contributed by atoms with van der Waals surface area (Å²) < 4.78 is 3.79. The molecular weight excluding hydrogens is 551 g/mol. The van der Waals surface area contributed by atoms with Gasteiger partial charge in [-0.1, -0.05) is 109 Å². The smallest absolute Gasteiger partial charge is 0.160 e. The lowest BCUT2D eigenvalue weighted by Crippen LogP contribution is -1.95. The van der Waals surface area contributed by atoms with Crippen LogP contribution in [-0.2, 0) is 0 Å². The third kappa shape index (κ3) is 3.61. The van der Waals surface area contributed by atoms with Gasteiger partial charge in [-0.15, -0.1) is 22.7 Å². The van der Waals surface area contributed by atoms with E-state index in [1.165, 1.54) is 35.6 Å². The van der Waals surface area contributed by atoms with Gasteiger partial charge in [0.15, 0.2) is 5.82 Å². The van der Waals surface area contributed by atoms with Crippen LogP contribution in [-0.4, -0.2) is 15.0 Å². The summed E-state index contributed by atoms with van der Waals surface area (Å²) in [5, 5.41) is 6.20. The molecule has 0 spiro atoms. The van der Waals surface area contributed by atoms with Crippen LogP contribution in [0.5, 0.6) is 0 Å². The average Bonchev–Trinajstić information content (AvgIpc) is 3.62. The van der Waals surface area contributed by atoms with Crippen molar-refractivity contribution in [2.45, 2.75) is 0 Å². The third-order valence-corrected chi connectivity index (χ3v) is 10.2. The number of hydrogen-bond acceptors (Lipinski definition) is 5. The SMILES string of the molecule is c1ccc(-c2nc(-c3ccc(-c4nc5sc6ccccc6c5c5c4sc4ccccc45)cc3)nc3ccccc23)cc1. The van der Waals surface area contributed by atoms with Gasteiger partial charge < -0.3 is 0 Å². The maximum absolute atomic E-state index is 5.30. The molecule has 0 aliphatic carbocycles. The Bertz CT molecular complexity index is 2460. The maximum Gasteiger partial charge on any atom is 0.160 e. The van der Waals surface area contributed by atoms with Crippen LogP contribution >= 0.6 is 22.7 Å². The van der Waals surface area contributed by atoms with Gasteiger partial charge in [0.2, 0.25) is 0 Å². The number of benzene rings is 5. The Hall–Kier alpha value is -4.97. The first kappa shape index (κ1) is 23.7. The number of rotatable bonds is 3. The fourth-order valence-electron chi connectivity index (χ4n) is 5.96. The molecule has 5 aromatic carbocycles. The molecule has 0 bridgehead atoms. The van der Waals surface area contributed by atoms with Gasteiger partial charge in [0.25, 0.3) is 0 Å². The second kappa shape index (κ2) is 9.28. The highest BCUT2D eigenvalue weighted by atomic mass is 32.1. The van der Waals surface area contributed by atoms with E-state index in [1.54, 1.807) is 11.3 Å². The number of nitrogens with zero attached hydrogens (tertiary/aromatic N) is 3. The van der Waals surface area contributed by atoms with E-state index >= 15 is 0 Å². The highest BCUT2D eigenvalue weighted by Crippen LogP contribution is 2.47. The highest BCUT2D eigenvalue weighted by molar-refractivity contribution is 7.28. The Morgan fingerprint density at radius 3 is 1.79 bits per heavy atom. The van der Waals surface area contributed by atoms with Crippen LogP contribution in [0.25, 0.3) is 85.3 Å². The van der Waals surface area contributed by atoms with Crippen LogP contribution in [0.3, 0.4) is 0 Å². The second-order valence-electron chi connectivity index (χ2n) is 10.4. The van der Waals surface area contributed by atoms with Gasteiger partial charge in [0.05, 0.1) is 21.6 Å². The quantitative estimate of drug-likeness (QED) is 0.212. The van der Waals surface area contributed by atoms with E-state index in [4.69, 9.17) is 15.0 Å². The molecule has 5 heteroatoms. The van der Waals surface area contributed by atoms with Gasteiger partial charge in [0.1, 0.15) is 4.83 Å². The van der Waals surface area contributed by atoms with Crippen LogP contribution in [0.4, 0.5) is 0 Å². The molecule has 0 fully saturated rings. The molecule has 0 aliphatic heterocycles. The summed E-state index contributed by atoms with van der Waals surface area (Å²) in [6, 6.07) is 44.5. The summed E-state index contributed by atoms with van der Waals surface area (Å²) >= 11 is 3.60. The van der Waals surface area contributed by atoms with Gasteiger partial charge in [-0.05, 0) is 18.2 Å². The molecule has 4 heterocycles. The van der Waals surface area contributed by atoms with E-state index in [0.29, 0.717) is 0 Å². The minimum atomic E-state index is 0.721. The molecule has 0 N–H and O–H groups in total. The summed E-state index contributed by atoms with van der Waals surface area (Å²) in [6.45, 7) is 0. The number of thiophene rings is 2. The Labute approximate surface area is 249 Å². The topological polar surface area (TPSA) is 38.7 Å². The van der Waals surface area contributed by atoms with Crippen molar-refractivity contribution < 1.29 is 0 Å². The van der Waals surface area contributed by atoms with Crippen LogP contribution in [0.2, 0.25) is 0 Å². The van der Waals surface area contributed by atoms with E-state index < -0.39 is 0 Å². The van der Waals surface area contributed by atoms with Gasteiger partial charge in [-0.2, -0.15) is 0 Å². The number of fused-ring (bicyclic) bond motifs is 8. The summed E-state index contributed by atoms with van der Waals surface area (Å²) in [7, 11) is 0. The van der Waals surface area contributed by atoms with Gasteiger partial charge >= 0.3 is 0 Å². The number of pyridine rings is 1. The molecule has 0 saturated carbocycles. The van der Waals surface area contributed by atoms with Crippen molar-refractivity contribution in [1.82, 2.24) is 15.0 Å². The Morgan fingerprint density at radius 1 is 0.405 bits per heavy atom. The van der Waals surface area contributed by atoms with Crippen molar-refractivity contribution in [3.05, 3.63) is 127 Å². The third-order valence-electron chi connectivity index (χ3n) is 7.92. The fraction of sp³-hybridized carbons (Fsp3) is 0. The minimum absolute atomic E-state index is 0.721. The average molecular weight is 572 g/mol. The van der Waals surface area contributed by atoms with Crippen molar-refractivity contribution in [1.29, 1.82) is 0 Å². The van der Waals surface area contributed by atoms with Crippen molar-refractivity contribution in [2.24, 2.45) is 0 Å². The first-order valence-electron chi connectivity index (χ1n) is 13.9.